The van der Waals surface area contributed by atoms with Crippen molar-refractivity contribution in [2.45, 2.75) is 45.5 Å². The molecule has 4 nitrogen and oxygen atoms in total. The summed E-state index contributed by atoms with van der Waals surface area (Å²) in [6.45, 7) is 4.78. The molecule has 0 amide bonds. The van der Waals surface area contributed by atoms with Gasteiger partial charge in [-0.3, -0.25) is 0 Å². The first kappa shape index (κ1) is 22.4. The predicted octanol–water partition coefficient (Wildman–Crippen LogP) is 5.65. The molecule has 2 atom stereocenters. The number of hydrogen-bond acceptors (Lipinski definition) is 4. The van der Waals surface area contributed by atoms with Crippen LogP contribution in [-0.2, 0) is 9.59 Å². The fourth-order valence-electron chi connectivity index (χ4n) is 5.17. The van der Waals surface area contributed by atoms with Crippen molar-refractivity contribution in [2.24, 2.45) is 10.8 Å². The van der Waals surface area contributed by atoms with Gasteiger partial charge in [0.15, 0.2) is 0 Å². The van der Waals surface area contributed by atoms with E-state index in [0.717, 1.165) is 13.8 Å². The number of carboxylic acid groups (broad SMARTS) is 2. The molecular weight excluding hydrogens is 470 g/mol. The molecule has 12 heteroatoms. The fraction of sp³-hybridized carbons (Fsp3) is 0.474. The van der Waals surface area contributed by atoms with E-state index in [4.69, 9.17) is 0 Å². The Morgan fingerprint density at radius 1 is 0.710 bits per heavy atom. The number of rotatable bonds is 2. The number of alkyl halides is 6. The Kier molecular flexibility index (Phi) is 4.15. The van der Waals surface area contributed by atoms with E-state index in [-0.39, 0.29) is 9.81 Å². The molecule has 2 unspecified atom stereocenters. The Hall–Kier alpha value is -1.82. The topological polar surface area (TPSA) is 74.6 Å². The van der Waals surface area contributed by atoms with Crippen molar-refractivity contribution in [3.8, 4) is 0 Å². The number of hydrogen-bond donors (Lipinski definition) is 2. The minimum Gasteiger partial charge on any atom is -0.478 e. The van der Waals surface area contributed by atoms with E-state index in [2.05, 4.69) is 0 Å². The van der Waals surface area contributed by atoms with Crippen molar-refractivity contribution in [2.75, 3.05) is 0 Å². The summed E-state index contributed by atoms with van der Waals surface area (Å²) in [5.41, 5.74) is -8.35. The number of fused-ring (bicyclic) bond motifs is 4. The highest BCUT2D eigenvalue weighted by molar-refractivity contribution is 8.07. The summed E-state index contributed by atoms with van der Waals surface area (Å²) >= 11 is 0.800. The number of aliphatic carboxylic acids is 2. The Labute approximate surface area is 180 Å². The molecule has 0 bridgehead atoms. The molecule has 1 saturated carbocycles. The van der Waals surface area contributed by atoms with Gasteiger partial charge in [0, 0.05) is 31.8 Å². The minimum absolute atomic E-state index is 0.0621. The summed E-state index contributed by atoms with van der Waals surface area (Å²) in [5, 5.41) is 19.6. The van der Waals surface area contributed by atoms with Crippen LogP contribution in [-0.4, -0.2) is 39.9 Å². The second-order valence-electron chi connectivity index (χ2n) is 8.06. The van der Waals surface area contributed by atoms with Crippen LogP contribution in [0.15, 0.2) is 41.9 Å². The molecular formula is C19H14F6O4S2. The molecule has 31 heavy (non-hydrogen) atoms. The number of allylic oxidation sites excluding steroid dienone is 6. The molecule has 0 aromatic heterocycles. The molecule has 0 spiro atoms. The van der Waals surface area contributed by atoms with Crippen LogP contribution in [0.1, 0.15) is 27.7 Å². The van der Waals surface area contributed by atoms with Crippen molar-refractivity contribution in [3.05, 3.63) is 41.9 Å². The van der Waals surface area contributed by atoms with E-state index in [1.54, 1.807) is 0 Å². The maximum absolute atomic E-state index is 14.9. The van der Waals surface area contributed by atoms with Crippen LogP contribution in [0.3, 0.4) is 0 Å². The Morgan fingerprint density at radius 3 is 1.26 bits per heavy atom. The lowest BCUT2D eigenvalue weighted by atomic mass is 9.54. The molecule has 1 fully saturated rings. The quantitative estimate of drug-likeness (QED) is 0.494. The standard InChI is InChI=1S/C19H14F6O4S2/c1-5-7(13(26)27)15(3)11(30-5)9-10(18(22,23)19(24,25)17(9,20)21)12-16(15,4)8(14(28)29)6(2)31-12/h1-4H3,(H,26,27)(H,28,29). The normalized spacial score (nSPS) is 34.9. The van der Waals surface area contributed by atoms with Gasteiger partial charge in [-0.25, -0.2) is 9.59 Å². The van der Waals surface area contributed by atoms with E-state index >= 15 is 0 Å². The van der Waals surface area contributed by atoms with E-state index < -0.39 is 72.6 Å². The van der Waals surface area contributed by atoms with Gasteiger partial charge in [-0.2, -0.15) is 26.3 Å². The van der Waals surface area contributed by atoms with Crippen LogP contribution < -0.4 is 0 Å². The van der Waals surface area contributed by atoms with Crippen molar-refractivity contribution in [1.82, 2.24) is 0 Å². The summed E-state index contributed by atoms with van der Waals surface area (Å²) in [6, 6.07) is 0. The zero-order valence-electron chi connectivity index (χ0n) is 16.3. The largest absolute Gasteiger partial charge is 0.478 e. The van der Waals surface area contributed by atoms with Crippen molar-refractivity contribution in [3.63, 3.8) is 0 Å². The Bertz CT molecular complexity index is 1050. The number of halogens is 6. The number of carbonyl (C=O) groups is 2. The zero-order chi connectivity index (χ0) is 23.7. The van der Waals surface area contributed by atoms with Gasteiger partial charge >= 0.3 is 29.7 Å². The third kappa shape index (κ3) is 2.05. The summed E-state index contributed by atoms with van der Waals surface area (Å²) < 4.78 is 88.5. The highest BCUT2D eigenvalue weighted by Crippen LogP contribution is 2.79. The van der Waals surface area contributed by atoms with Gasteiger partial charge in [-0.1, -0.05) is 23.5 Å². The second-order valence-corrected chi connectivity index (χ2v) is 10.5. The van der Waals surface area contributed by atoms with Crippen molar-refractivity contribution in [1.29, 1.82) is 0 Å². The first-order chi connectivity index (χ1) is 13.9. The van der Waals surface area contributed by atoms with Crippen molar-refractivity contribution < 1.29 is 46.1 Å². The van der Waals surface area contributed by atoms with Gasteiger partial charge in [-0.05, 0) is 37.5 Å². The summed E-state index contributed by atoms with van der Waals surface area (Å²) in [7, 11) is 0. The highest BCUT2D eigenvalue weighted by atomic mass is 32.2. The lowest BCUT2D eigenvalue weighted by Crippen LogP contribution is -2.47. The molecule has 2 aliphatic heterocycles. The molecule has 0 radical (unpaired) electrons. The molecule has 168 valence electrons. The minimum atomic E-state index is -5.78. The van der Waals surface area contributed by atoms with Crippen molar-refractivity contribution >= 4 is 35.5 Å². The van der Waals surface area contributed by atoms with Gasteiger partial charge in [0.1, 0.15) is 0 Å². The third-order valence-corrected chi connectivity index (χ3v) is 9.32. The first-order valence-corrected chi connectivity index (χ1v) is 10.4. The Morgan fingerprint density at radius 2 is 1.00 bits per heavy atom. The van der Waals surface area contributed by atoms with Gasteiger partial charge in [0.2, 0.25) is 0 Å². The number of thioether (sulfide) groups is 2. The van der Waals surface area contributed by atoms with Gasteiger partial charge in [0.25, 0.3) is 0 Å². The molecule has 0 saturated heterocycles. The lowest BCUT2D eigenvalue weighted by molar-refractivity contribution is -0.258. The number of carboxylic acids is 2. The SMILES string of the molecule is CC1=C(C(=O)O)C2(C)C(=C3C(=C4SC(C)=C(C(=O)O)C42C)C(F)(F)C(F)(F)C3(F)F)S1. The van der Waals surface area contributed by atoms with E-state index in [0.29, 0.717) is 23.5 Å². The van der Waals surface area contributed by atoms with Gasteiger partial charge in [0.05, 0.1) is 11.1 Å². The maximum Gasteiger partial charge on any atom is 0.380 e. The molecule has 2 N–H and O–H groups in total. The second kappa shape index (κ2) is 5.75. The highest BCUT2D eigenvalue weighted by Gasteiger charge is 2.85. The maximum atomic E-state index is 14.9. The molecule has 4 rings (SSSR count). The fourth-order valence-corrected chi connectivity index (χ4v) is 8.25. The van der Waals surface area contributed by atoms with Crippen LogP contribution >= 0.6 is 23.5 Å². The van der Waals surface area contributed by atoms with E-state index in [1.807, 2.05) is 0 Å². The van der Waals surface area contributed by atoms with Crippen LogP contribution in [0.25, 0.3) is 0 Å². The van der Waals surface area contributed by atoms with E-state index in [1.165, 1.54) is 13.8 Å². The average molecular weight is 484 g/mol. The summed E-state index contributed by atoms with van der Waals surface area (Å²) in [6.07, 6.45) is 0. The smallest absolute Gasteiger partial charge is 0.380 e. The van der Waals surface area contributed by atoms with Crippen LogP contribution in [0.2, 0.25) is 0 Å². The molecule has 0 aromatic rings. The molecule has 2 aliphatic carbocycles. The zero-order valence-corrected chi connectivity index (χ0v) is 17.9. The van der Waals surface area contributed by atoms with Gasteiger partial charge in [-0.15, -0.1) is 0 Å². The van der Waals surface area contributed by atoms with Crippen LogP contribution in [0.5, 0.6) is 0 Å². The summed E-state index contributed by atoms with van der Waals surface area (Å²) in [4.78, 5) is 22.7. The Balaban J connectivity index is 2.26. The lowest BCUT2D eigenvalue weighted by Gasteiger charge is -2.48. The first-order valence-electron chi connectivity index (χ1n) is 8.81. The average Bonchev–Trinajstić information content (AvgIpc) is 3.06. The van der Waals surface area contributed by atoms with Gasteiger partial charge < -0.3 is 10.2 Å². The van der Waals surface area contributed by atoms with E-state index in [9.17, 15) is 46.1 Å². The molecule has 2 heterocycles. The van der Waals surface area contributed by atoms with Crippen LogP contribution in [0, 0.1) is 10.8 Å². The molecule has 4 aliphatic rings. The monoisotopic (exact) mass is 484 g/mol. The summed E-state index contributed by atoms with van der Waals surface area (Å²) in [5.74, 6) is -19.5. The third-order valence-electron chi connectivity index (χ3n) is 6.67. The predicted molar refractivity (Wildman–Crippen MR) is 101 cm³/mol. The molecule has 0 aromatic carbocycles. The van der Waals surface area contributed by atoms with Crippen LogP contribution in [0.4, 0.5) is 26.3 Å².